The van der Waals surface area contributed by atoms with E-state index in [0.717, 1.165) is 15.5 Å². The molecule has 0 aliphatic rings. The van der Waals surface area contributed by atoms with Crippen LogP contribution in [0.4, 0.5) is 5.69 Å². The minimum atomic E-state index is -0.170. The lowest BCUT2D eigenvalue weighted by Gasteiger charge is -2.18. The molecular weight excluding hydrogens is 394 g/mol. The van der Waals surface area contributed by atoms with Crippen LogP contribution in [-0.2, 0) is 11.2 Å². The van der Waals surface area contributed by atoms with Crippen LogP contribution >= 0.6 is 11.8 Å². The summed E-state index contributed by atoms with van der Waals surface area (Å²) in [5.74, 6) is -0.0585. The molecule has 30 heavy (non-hydrogen) atoms. The number of nitrogens with zero attached hydrogens (tertiary/aromatic N) is 2. The Morgan fingerprint density at radius 1 is 0.933 bits per heavy atom. The molecule has 2 amide bonds. The summed E-state index contributed by atoms with van der Waals surface area (Å²) in [6, 6.07) is 20.6. The van der Waals surface area contributed by atoms with Gasteiger partial charge in [0.15, 0.2) is 0 Å². The first-order chi connectivity index (χ1) is 14.6. The molecule has 6 heteroatoms. The Morgan fingerprint density at radius 2 is 1.63 bits per heavy atom. The number of aromatic nitrogens is 1. The van der Waals surface area contributed by atoms with E-state index in [-0.39, 0.29) is 11.8 Å². The molecule has 0 fully saturated rings. The normalized spacial score (nSPS) is 10.5. The number of anilines is 1. The molecule has 1 heterocycles. The number of rotatable bonds is 8. The molecule has 0 unspecified atom stereocenters. The average Bonchev–Trinajstić information content (AvgIpc) is 2.77. The highest BCUT2D eigenvalue weighted by Gasteiger charge is 2.11. The van der Waals surface area contributed by atoms with Crippen LogP contribution in [0.25, 0.3) is 0 Å². The van der Waals surface area contributed by atoms with Gasteiger partial charge in [-0.2, -0.15) is 0 Å². The smallest absolute Gasteiger partial charge is 0.255 e. The first-order valence-corrected chi connectivity index (χ1v) is 10.8. The van der Waals surface area contributed by atoms with E-state index in [1.165, 1.54) is 0 Å². The van der Waals surface area contributed by atoms with Gasteiger partial charge in [0.1, 0.15) is 5.03 Å². The molecule has 2 aromatic carbocycles. The molecule has 0 spiro atoms. The second-order valence-corrected chi connectivity index (χ2v) is 7.78. The third-order valence-electron chi connectivity index (χ3n) is 4.66. The number of benzene rings is 2. The van der Waals surface area contributed by atoms with Crippen molar-refractivity contribution in [1.82, 2.24) is 9.88 Å². The molecule has 3 rings (SSSR count). The molecule has 0 radical (unpaired) electrons. The quantitative estimate of drug-likeness (QED) is 0.564. The summed E-state index contributed by atoms with van der Waals surface area (Å²) in [4.78, 5) is 31.9. The Morgan fingerprint density at radius 3 is 2.23 bits per heavy atom. The topological polar surface area (TPSA) is 62.3 Å². The van der Waals surface area contributed by atoms with E-state index in [2.05, 4.69) is 10.3 Å². The van der Waals surface area contributed by atoms with E-state index in [0.29, 0.717) is 30.8 Å². The Kier molecular flexibility index (Phi) is 7.63. The molecule has 0 aliphatic carbocycles. The van der Waals surface area contributed by atoms with Gasteiger partial charge in [-0.15, -0.1) is 0 Å². The molecule has 0 atom stereocenters. The molecule has 5 nitrogen and oxygen atoms in total. The van der Waals surface area contributed by atoms with Crippen molar-refractivity contribution >= 4 is 29.3 Å². The molecule has 0 aliphatic heterocycles. The van der Waals surface area contributed by atoms with Crippen LogP contribution in [0.15, 0.2) is 82.8 Å². The highest BCUT2D eigenvalue weighted by Crippen LogP contribution is 2.25. The van der Waals surface area contributed by atoms with Crippen LogP contribution in [0.3, 0.4) is 0 Å². The lowest BCUT2D eigenvalue weighted by molar-refractivity contribution is -0.130. The van der Waals surface area contributed by atoms with Gasteiger partial charge < -0.3 is 10.2 Å². The Labute approximate surface area is 181 Å². The van der Waals surface area contributed by atoms with Crippen molar-refractivity contribution in [2.24, 2.45) is 0 Å². The van der Waals surface area contributed by atoms with Gasteiger partial charge in [-0.1, -0.05) is 30.0 Å². The number of nitrogens with one attached hydrogen (secondary N) is 1. The summed E-state index contributed by atoms with van der Waals surface area (Å²) < 4.78 is 0. The molecule has 0 bridgehead atoms. The number of carbonyl (C=O) groups excluding carboxylic acids is 2. The van der Waals surface area contributed by atoms with Crippen LogP contribution in [0, 0.1) is 0 Å². The molecule has 154 valence electrons. The van der Waals surface area contributed by atoms with E-state index in [9.17, 15) is 9.59 Å². The summed E-state index contributed by atoms with van der Waals surface area (Å²) >= 11 is 1.55. The monoisotopic (exact) mass is 419 g/mol. The maximum absolute atomic E-state index is 12.5. The number of likely N-dealkylation sites (N-methyl/N-ethyl adjacent to an activating group) is 1. The van der Waals surface area contributed by atoms with Gasteiger partial charge in [0.2, 0.25) is 5.91 Å². The van der Waals surface area contributed by atoms with Gasteiger partial charge in [0.25, 0.3) is 5.91 Å². The van der Waals surface area contributed by atoms with Gasteiger partial charge in [-0.25, -0.2) is 4.98 Å². The number of amides is 2. The zero-order valence-electron chi connectivity index (χ0n) is 17.2. The van der Waals surface area contributed by atoms with E-state index in [1.54, 1.807) is 30.1 Å². The van der Waals surface area contributed by atoms with Crippen LogP contribution in [0.1, 0.15) is 29.8 Å². The van der Waals surface area contributed by atoms with Crippen LogP contribution in [0.5, 0.6) is 0 Å². The summed E-state index contributed by atoms with van der Waals surface area (Å²) in [5.41, 5.74) is 2.22. The zero-order valence-corrected chi connectivity index (χ0v) is 18.0. The van der Waals surface area contributed by atoms with E-state index < -0.39 is 0 Å². The van der Waals surface area contributed by atoms with Crippen molar-refractivity contribution in [3.63, 3.8) is 0 Å². The first-order valence-electron chi connectivity index (χ1n) is 9.96. The van der Waals surface area contributed by atoms with Crippen molar-refractivity contribution in [1.29, 1.82) is 0 Å². The van der Waals surface area contributed by atoms with Gasteiger partial charge in [-0.3, -0.25) is 9.59 Å². The summed E-state index contributed by atoms with van der Waals surface area (Å²) in [5, 5.41) is 3.81. The van der Waals surface area contributed by atoms with Gasteiger partial charge >= 0.3 is 0 Å². The first kappa shape index (κ1) is 21.6. The highest BCUT2D eigenvalue weighted by molar-refractivity contribution is 7.99. The number of hydrogen-bond acceptors (Lipinski definition) is 4. The number of carbonyl (C=O) groups is 2. The van der Waals surface area contributed by atoms with Crippen molar-refractivity contribution in [2.45, 2.75) is 30.2 Å². The van der Waals surface area contributed by atoms with E-state index in [4.69, 9.17) is 0 Å². The number of pyridine rings is 1. The largest absolute Gasteiger partial charge is 0.343 e. The van der Waals surface area contributed by atoms with Crippen LogP contribution in [-0.4, -0.2) is 34.8 Å². The molecule has 3 aromatic rings. The third-order valence-corrected chi connectivity index (χ3v) is 5.62. The molecule has 0 saturated heterocycles. The lowest BCUT2D eigenvalue weighted by Crippen LogP contribution is -2.31. The third kappa shape index (κ3) is 5.94. The Hall–Kier alpha value is -3.12. The zero-order chi connectivity index (χ0) is 21.3. The fourth-order valence-electron chi connectivity index (χ4n) is 2.97. The summed E-state index contributed by atoms with van der Waals surface area (Å²) in [6.45, 7) is 5.37. The maximum atomic E-state index is 12.5. The second kappa shape index (κ2) is 10.6. The second-order valence-electron chi connectivity index (χ2n) is 6.69. The van der Waals surface area contributed by atoms with Crippen LogP contribution in [0.2, 0.25) is 0 Å². The Bertz CT molecular complexity index is 970. The van der Waals surface area contributed by atoms with Crippen molar-refractivity contribution < 1.29 is 9.59 Å². The van der Waals surface area contributed by atoms with Gasteiger partial charge in [-0.05, 0) is 67.9 Å². The van der Waals surface area contributed by atoms with Gasteiger partial charge in [0, 0.05) is 35.4 Å². The highest BCUT2D eigenvalue weighted by atomic mass is 32.2. The van der Waals surface area contributed by atoms with E-state index in [1.807, 2.05) is 73.3 Å². The summed E-state index contributed by atoms with van der Waals surface area (Å²) in [6.07, 6.45) is 2.13. The predicted octanol–water partition coefficient (Wildman–Crippen LogP) is 4.90. The fourth-order valence-corrected chi connectivity index (χ4v) is 3.75. The fraction of sp³-hybridized carbons (Fsp3) is 0.208. The Balaban J connectivity index is 1.57. The predicted molar refractivity (Wildman–Crippen MR) is 121 cm³/mol. The number of hydrogen-bond donors (Lipinski definition) is 1. The van der Waals surface area contributed by atoms with E-state index >= 15 is 0 Å². The molecule has 0 saturated carbocycles. The summed E-state index contributed by atoms with van der Waals surface area (Å²) in [7, 11) is 0. The SMILES string of the molecule is CCN(CC)C(=O)Cc1ccc(NC(=O)c2ccc(Sc3ccccn3)cc2)cc1. The van der Waals surface area contributed by atoms with Crippen molar-refractivity contribution in [3.8, 4) is 0 Å². The average molecular weight is 420 g/mol. The maximum Gasteiger partial charge on any atom is 0.255 e. The van der Waals surface area contributed by atoms with Crippen molar-refractivity contribution in [3.05, 3.63) is 84.1 Å². The minimum absolute atomic E-state index is 0.112. The minimum Gasteiger partial charge on any atom is -0.343 e. The molecule has 1 N–H and O–H groups in total. The standard InChI is InChI=1S/C24H25N3O2S/c1-3-27(4-2)23(28)17-18-8-12-20(13-9-18)26-24(29)19-10-14-21(15-11-19)30-22-7-5-6-16-25-22/h5-16H,3-4,17H2,1-2H3,(H,26,29). The lowest BCUT2D eigenvalue weighted by atomic mass is 10.1. The van der Waals surface area contributed by atoms with Crippen molar-refractivity contribution in [2.75, 3.05) is 18.4 Å². The molecule has 1 aromatic heterocycles. The van der Waals surface area contributed by atoms with Gasteiger partial charge in [0.05, 0.1) is 6.42 Å². The molecular formula is C24H25N3O2S. The van der Waals surface area contributed by atoms with Crippen LogP contribution < -0.4 is 5.32 Å².